The maximum atomic E-state index is 5.34. The molecule has 5 heteroatoms. The summed E-state index contributed by atoms with van der Waals surface area (Å²) in [6.07, 6.45) is 1.16. The third-order valence-corrected chi connectivity index (χ3v) is 2.29. The van der Waals surface area contributed by atoms with Crippen LogP contribution in [-0.4, -0.2) is 38.4 Å². The molecule has 0 spiro atoms. The summed E-state index contributed by atoms with van der Waals surface area (Å²) in [6, 6.07) is 1.24. The minimum atomic E-state index is 0. The molecule has 0 aliphatic carbocycles. The van der Waals surface area contributed by atoms with E-state index in [-0.39, 0.29) is 24.8 Å². The van der Waals surface area contributed by atoms with Crippen molar-refractivity contribution in [2.45, 2.75) is 18.5 Å². The molecular weight excluding hydrogens is 199 g/mol. The Morgan fingerprint density at radius 2 is 1.67 bits per heavy atom. The van der Waals surface area contributed by atoms with Crippen molar-refractivity contribution in [1.82, 2.24) is 10.6 Å². The van der Waals surface area contributed by atoms with E-state index in [9.17, 15) is 0 Å². The highest BCUT2D eigenvalue weighted by molar-refractivity contribution is 5.85. The van der Waals surface area contributed by atoms with Gasteiger partial charge in [-0.05, 0) is 6.42 Å². The normalized spacial score (nSPS) is 34.0. The zero-order chi connectivity index (χ0) is 6.81. The molecule has 12 heavy (non-hydrogen) atoms. The summed E-state index contributed by atoms with van der Waals surface area (Å²) in [6.45, 7) is 4.01. The topological polar surface area (TPSA) is 33.3 Å². The van der Waals surface area contributed by atoms with Gasteiger partial charge >= 0.3 is 0 Å². The van der Waals surface area contributed by atoms with E-state index in [0.717, 1.165) is 32.7 Å². The monoisotopic (exact) mass is 214 g/mol. The van der Waals surface area contributed by atoms with Gasteiger partial charge in [0.15, 0.2) is 0 Å². The molecule has 0 amide bonds. The lowest BCUT2D eigenvalue weighted by Crippen LogP contribution is -2.59. The summed E-state index contributed by atoms with van der Waals surface area (Å²) in [5, 5.41) is 6.91. The highest BCUT2D eigenvalue weighted by Gasteiger charge is 2.26. The highest BCUT2D eigenvalue weighted by atomic mass is 35.5. The zero-order valence-electron chi connectivity index (χ0n) is 6.91. The van der Waals surface area contributed by atoms with Crippen molar-refractivity contribution in [3.63, 3.8) is 0 Å². The van der Waals surface area contributed by atoms with Crippen molar-refractivity contribution in [3.05, 3.63) is 0 Å². The fourth-order valence-electron chi connectivity index (χ4n) is 1.70. The molecule has 2 saturated heterocycles. The van der Waals surface area contributed by atoms with Crippen LogP contribution in [0.5, 0.6) is 0 Å². The van der Waals surface area contributed by atoms with Gasteiger partial charge in [0, 0.05) is 31.8 Å². The van der Waals surface area contributed by atoms with Crippen LogP contribution in [-0.2, 0) is 4.74 Å². The summed E-state index contributed by atoms with van der Waals surface area (Å²) in [5.41, 5.74) is 0. The number of hydrogen-bond acceptors (Lipinski definition) is 3. The van der Waals surface area contributed by atoms with Crippen LogP contribution in [0.4, 0.5) is 0 Å². The molecular formula is C7H16Cl2N2O. The van der Waals surface area contributed by atoms with Crippen LogP contribution in [0.25, 0.3) is 0 Å². The summed E-state index contributed by atoms with van der Waals surface area (Å²) in [7, 11) is 0. The van der Waals surface area contributed by atoms with Crippen LogP contribution in [0.1, 0.15) is 6.42 Å². The molecule has 2 rings (SSSR count). The number of piperazine rings is 1. The Morgan fingerprint density at radius 1 is 1.00 bits per heavy atom. The van der Waals surface area contributed by atoms with E-state index in [0.29, 0.717) is 12.1 Å². The Balaban J connectivity index is 0.000000605. The van der Waals surface area contributed by atoms with Crippen molar-refractivity contribution in [3.8, 4) is 0 Å². The maximum Gasteiger partial charge on any atom is 0.0634 e. The van der Waals surface area contributed by atoms with Crippen LogP contribution >= 0.6 is 24.8 Å². The fourth-order valence-corrected chi connectivity index (χ4v) is 1.70. The van der Waals surface area contributed by atoms with Crippen molar-refractivity contribution >= 4 is 24.8 Å². The third-order valence-electron chi connectivity index (χ3n) is 2.29. The second kappa shape index (κ2) is 6.00. The van der Waals surface area contributed by atoms with Gasteiger partial charge in [-0.1, -0.05) is 0 Å². The Bertz CT molecular complexity index is 100.0. The van der Waals surface area contributed by atoms with E-state index in [1.54, 1.807) is 0 Å². The number of hydrogen-bond donors (Lipinski definition) is 2. The lowest BCUT2D eigenvalue weighted by molar-refractivity contribution is 0.0414. The molecule has 2 heterocycles. The van der Waals surface area contributed by atoms with Gasteiger partial charge in [-0.15, -0.1) is 24.8 Å². The van der Waals surface area contributed by atoms with E-state index in [1.165, 1.54) is 0 Å². The molecule has 0 unspecified atom stereocenters. The molecule has 0 aromatic rings. The lowest BCUT2D eigenvalue weighted by atomic mass is 10.0. The number of fused-ring (bicyclic) bond motifs is 1. The van der Waals surface area contributed by atoms with E-state index < -0.39 is 0 Å². The number of ether oxygens (including phenoxy) is 1. The summed E-state index contributed by atoms with van der Waals surface area (Å²) in [5.74, 6) is 0. The average molecular weight is 215 g/mol. The first kappa shape index (κ1) is 12.5. The molecule has 2 atom stereocenters. The molecule has 2 aliphatic rings. The van der Waals surface area contributed by atoms with Gasteiger partial charge < -0.3 is 15.4 Å². The number of nitrogens with one attached hydrogen (secondary N) is 2. The molecule has 2 N–H and O–H groups in total. The smallest absolute Gasteiger partial charge is 0.0634 e. The predicted octanol–water partition coefficient (Wildman–Crippen LogP) is 0.180. The van der Waals surface area contributed by atoms with Crippen molar-refractivity contribution in [2.24, 2.45) is 0 Å². The third kappa shape index (κ3) is 2.75. The summed E-state index contributed by atoms with van der Waals surface area (Å²) in [4.78, 5) is 0. The molecule has 74 valence electrons. The molecule has 2 fully saturated rings. The Morgan fingerprint density at radius 3 is 2.33 bits per heavy atom. The molecule has 0 aromatic carbocycles. The summed E-state index contributed by atoms with van der Waals surface area (Å²) >= 11 is 0. The Kier molecular flexibility index (Phi) is 6.23. The van der Waals surface area contributed by atoms with Crippen LogP contribution in [0.2, 0.25) is 0 Å². The van der Waals surface area contributed by atoms with E-state index >= 15 is 0 Å². The van der Waals surface area contributed by atoms with E-state index in [2.05, 4.69) is 10.6 Å². The summed E-state index contributed by atoms with van der Waals surface area (Å²) < 4.78 is 5.34. The maximum absolute atomic E-state index is 5.34. The zero-order valence-corrected chi connectivity index (χ0v) is 8.55. The Labute approximate surface area is 85.4 Å². The van der Waals surface area contributed by atoms with Gasteiger partial charge in [0.05, 0.1) is 6.61 Å². The Hall–Kier alpha value is 0.460. The average Bonchev–Trinajstić information content (AvgIpc) is 2.05. The van der Waals surface area contributed by atoms with Gasteiger partial charge in [-0.3, -0.25) is 0 Å². The molecule has 0 aromatic heterocycles. The number of halogens is 2. The van der Waals surface area contributed by atoms with Gasteiger partial charge in [-0.2, -0.15) is 0 Å². The van der Waals surface area contributed by atoms with Crippen LogP contribution < -0.4 is 10.6 Å². The minimum Gasteiger partial charge on any atom is -0.380 e. The first-order chi connectivity index (χ1) is 4.97. The second-order valence-electron chi connectivity index (χ2n) is 2.98. The fraction of sp³-hybridized carbons (Fsp3) is 1.00. The van der Waals surface area contributed by atoms with Gasteiger partial charge in [0.1, 0.15) is 0 Å². The van der Waals surface area contributed by atoms with Gasteiger partial charge in [-0.25, -0.2) is 0 Å². The van der Waals surface area contributed by atoms with Crippen molar-refractivity contribution < 1.29 is 4.74 Å². The molecule has 0 saturated carbocycles. The minimum absolute atomic E-state index is 0. The lowest BCUT2D eigenvalue weighted by Gasteiger charge is -2.36. The largest absolute Gasteiger partial charge is 0.380 e. The van der Waals surface area contributed by atoms with Crippen LogP contribution in [0.15, 0.2) is 0 Å². The van der Waals surface area contributed by atoms with Gasteiger partial charge in [0.25, 0.3) is 0 Å². The predicted molar refractivity (Wildman–Crippen MR) is 53.5 cm³/mol. The SMILES string of the molecule is C1CN[C@@H]2COCC[C@@H]2N1.Cl.Cl. The first-order valence-corrected chi connectivity index (χ1v) is 4.01. The van der Waals surface area contributed by atoms with Crippen LogP contribution in [0.3, 0.4) is 0 Å². The van der Waals surface area contributed by atoms with Crippen molar-refractivity contribution in [2.75, 3.05) is 26.3 Å². The van der Waals surface area contributed by atoms with E-state index in [4.69, 9.17) is 4.74 Å². The van der Waals surface area contributed by atoms with Crippen LogP contribution in [0, 0.1) is 0 Å². The van der Waals surface area contributed by atoms with E-state index in [1.807, 2.05) is 0 Å². The quantitative estimate of drug-likeness (QED) is 0.604. The van der Waals surface area contributed by atoms with Crippen molar-refractivity contribution in [1.29, 1.82) is 0 Å². The molecule has 0 radical (unpaired) electrons. The molecule has 2 aliphatic heterocycles. The van der Waals surface area contributed by atoms with Gasteiger partial charge in [0.2, 0.25) is 0 Å². The highest BCUT2D eigenvalue weighted by Crippen LogP contribution is 2.09. The second-order valence-corrected chi connectivity index (χ2v) is 2.98. The first-order valence-electron chi connectivity index (χ1n) is 4.01. The number of rotatable bonds is 0. The standard InChI is InChI=1S/C7H14N2O.2ClH/c1-4-10-5-7-6(1)8-2-3-9-7;;/h6-9H,1-5H2;2*1H/t6-,7+;;/m0../s1. The molecule has 0 bridgehead atoms. The molecule has 3 nitrogen and oxygen atoms in total.